The number of rotatable bonds is 5. The first-order chi connectivity index (χ1) is 15.0. The molecule has 4 heterocycles. The summed E-state index contributed by atoms with van der Waals surface area (Å²) in [5.74, 6) is -0.139. The molecular weight excluding hydrogens is 413 g/mol. The Hall–Kier alpha value is -2.95. The molecule has 11 heteroatoms. The van der Waals surface area contributed by atoms with Gasteiger partial charge in [-0.25, -0.2) is 9.50 Å². The number of fused-ring (bicyclic) bond motifs is 1. The van der Waals surface area contributed by atoms with Gasteiger partial charge in [0, 0.05) is 24.4 Å². The molecule has 1 saturated heterocycles. The lowest BCUT2D eigenvalue weighted by Gasteiger charge is -2.29. The average Bonchev–Trinajstić information content (AvgIpc) is 3.14. The highest BCUT2D eigenvalue weighted by atomic mass is 19.4. The van der Waals surface area contributed by atoms with E-state index in [0.717, 1.165) is 43.1 Å². The van der Waals surface area contributed by atoms with E-state index >= 15 is 0 Å². The predicted octanol–water partition coefficient (Wildman–Crippen LogP) is 3.45. The van der Waals surface area contributed by atoms with Crippen LogP contribution in [-0.2, 0) is 10.9 Å². The molecule has 2 fully saturated rings. The Labute approximate surface area is 175 Å². The molecule has 8 nitrogen and oxygen atoms in total. The van der Waals surface area contributed by atoms with Gasteiger partial charge in [-0.3, -0.25) is 0 Å². The van der Waals surface area contributed by atoms with Gasteiger partial charge >= 0.3 is 6.18 Å². The van der Waals surface area contributed by atoms with Gasteiger partial charge in [0.2, 0.25) is 11.8 Å². The fraction of sp³-hybridized carbons (Fsp3) is 0.500. The molecule has 0 amide bonds. The Morgan fingerprint density at radius 1 is 1.19 bits per heavy atom. The summed E-state index contributed by atoms with van der Waals surface area (Å²) in [5, 5.41) is 11.7. The molecule has 0 bridgehead atoms. The van der Waals surface area contributed by atoms with E-state index in [9.17, 15) is 13.2 Å². The molecule has 1 aliphatic carbocycles. The van der Waals surface area contributed by atoms with Crippen LogP contribution >= 0.6 is 0 Å². The first-order valence-corrected chi connectivity index (χ1v) is 10.2. The lowest BCUT2D eigenvalue weighted by atomic mass is 9.83. The SMILES string of the molecule is FC(F)(F)c1cnc(N[C@H]2CCC[C@H](c3nnn4ccccc34)C2)nc1OC1COC1. The fourth-order valence-electron chi connectivity index (χ4n) is 4.07. The molecule has 1 N–H and O–H groups in total. The van der Waals surface area contributed by atoms with Crippen molar-refractivity contribution in [3.05, 3.63) is 41.9 Å². The molecule has 5 rings (SSSR count). The van der Waals surface area contributed by atoms with Crippen LogP contribution in [0.2, 0.25) is 0 Å². The number of hydrogen-bond acceptors (Lipinski definition) is 7. The number of halogens is 3. The number of aromatic nitrogens is 5. The summed E-state index contributed by atoms with van der Waals surface area (Å²) in [5.41, 5.74) is 0.925. The Morgan fingerprint density at radius 2 is 2.06 bits per heavy atom. The summed E-state index contributed by atoms with van der Waals surface area (Å²) < 4.78 is 52.1. The number of pyridine rings is 1. The Bertz CT molecular complexity index is 1070. The van der Waals surface area contributed by atoms with Gasteiger partial charge in [-0.15, -0.1) is 5.10 Å². The molecular formula is C20H21F3N6O2. The molecule has 2 aliphatic rings. The van der Waals surface area contributed by atoms with E-state index in [4.69, 9.17) is 9.47 Å². The smallest absolute Gasteiger partial charge is 0.423 e. The molecule has 3 aromatic rings. The topological polar surface area (TPSA) is 86.5 Å². The maximum Gasteiger partial charge on any atom is 0.423 e. The number of anilines is 1. The van der Waals surface area contributed by atoms with Crippen molar-refractivity contribution in [2.75, 3.05) is 18.5 Å². The maximum absolute atomic E-state index is 13.3. The van der Waals surface area contributed by atoms with E-state index in [1.165, 1.54) is 0 Å². The van der Waals surface area contributed by atoms with Crippen LogP contribution in [0.1, 0.15) is 42.9 Å². The van der Waals surface area contributed by atoms with Gasteiger partial charge in [-0.1, -0.05) is 17.7 Å². The lowest BCUT2D eigenvalue weighted by molar-refractivity contribution is -0.142. The van der Waals surface area contributed by atoms with Crippen LogP contribution in [0.15, 0.2) is 30.6 Å². The van der Waals surface area contributed by atoms with Crippen molar-refractivity contribution in [2.45, 2.75) is 49.9 Å². The highest BCUT2D eigenvalue weighted by Gasteiger charge is 2.38. The molecule has 0 radical (unpaired) electrons. The van der Waals surface area contributed by atoms with Crippen molar-refractivity contribution in [3.8, 4) is 5.88 Å². The minimum absolute atomic E-state index is 0.0100. The van der Waals surface area contributed by atoms with Crippen molar-refractivity contribution in [2.24, 2.45) is 0 Å². The van der Waals surface area contributed by atoms with Crippen LogP contribution in [0, 0.1) is 0 Å². The zero-order valence-electron chi connectivity index (χ0n) is 16.5. The second-order valence-electron chi connectivity index (χ2n) is 7.90. The Kier molecular flexibility index (Phi) is 5.12. The van der Waals surface area contributed by atoms with Crippen LogP contribution in [0.5, 0.6) is 5.88 Å². The number of ether oxygens (including phenoxy) is 2. The van der Waals surface area contributed by atoms with Crippen LogP contribution in [0.25, 0.3) is 5.52 Å². The summed E-state index contributed by atoms with van der Waals surface area (Å²) >= 11 is 0. The van der Waals surface area contributed by atoms with Gasteiger partial charge in [0.05, 0.1) is 24.4 Å². The summed E-state index contributed by atoms with van der Waals surface area (Å²) in [6.07, 6.45) is 1.18. The highest BCUT2D eigenvalue weighted by Crippen LogP contribution is 2.37. The molecule has 2 atom stereocenters. The van der Waals surface area contributed by atoms with Crippen molar-refractivity contribution in [1.29, 1.82) is 0 Å². The molecule has 1 aliphatic heterocycles. The van der Waals surface area contributed by atoms with Gasteiger partial charge in [-0.05, 0) is 31.4 Å². The second-order valence-corrected chi connectivity index (χ2v) is 7.90. The average molecular weight is 434 g/mol. The molecule has 0 aromatic carbocycles. The molecule has 3 aromatic heterocycles. The van der Waals surface area contributed by atoms with E-state index in [0.29, 0.717) is 0 Å². The zero-order valence-corrected chi connectivity index (χ0v) is 16.5. The molecule has 0 spiro atoms. The van der Waals surface area contributed by atoms with Crippen LogP contribution in [0.3, 0.4) is 0 Å². The standard InChI is InChI=1S/C20H21F3N6O2/c21-20(22,23)15-9-24-19(26-18(15)31-14-10-30-11-14)25-13-5-3-4-12(8-13)17-16-6-1-2-7-29(16)28-27-17/h1-2,6-7,9,12-14H,3-5,8,10-11H2,(H,24,25,26)/t12-,13-/m0/s1. The second kappa shape index (κ2) is 7.95. The molecule has 1 saturated carbocycles. The van der Waals surface area contributed by atoms with Crippen molar-refractivity contribution in [1.82, 2.24) is 24.8 Å². The number of nitrogens with one attached hydrogen (secondary N) is 1. The van der Waals surface area contributed by atoms with Crippen LogP contribution in [0.4, 0.5) is 19.1 Å². The van der Waals surface area contributed by atoms with E-state index < -0.39 is 23.7 Å². The quantitative estimate of drug-likeness (QED) is 0.658. The first kappa shape index (κ1) is 20.0. The third-order valence-electron chi connectivity index (χ3n) is 5.69. The van der Waals surface area contributed by atoms with Crippen molar-refractivity contribution in [3.63, 3.8) is 0 Å². The molecule has 31 heavy (non-hydrogen) atoms. The van der Waals surface area contributed by atoms with Gasteiger partial charge in [0.25, 0.3) is 0 Å². The number of nitrogens with zero attached hydrogens (tertiary/aromatic N) is 5. The van der Waals surface area contributed by atoms with Gasteiger partial charge in [0.1, 0.15) is 11.7 Å². The fourth-order valence-corrected chi connectivity index (χ4v) is 4.07. The van der Waals surface area contributed by atoms with Crippen LogP contribution in [-0.4, -0.2) is 50.2 Å². The minimum atomic E-state index is -4.59. The van der Waals surface area contributed by atoms with E-state index in [1.54, 1.807) is 4.52 Å². The summed E-state index contributed by atoms with van der Waals surface area (Å²) in [7, 11) is 0. The zero-order chi connectivity index (χ0) is 21.4. The Balaban J connectivity index is 1.33. The van der Waals surface area contributed by atoms with Crippen molar-refractivity contribution < 1.29 is 22.6 Å². The van der Waals surface area contributed by atoms with E-state index in [-0.39, 0.29) is 31.1 Å². The third kappa shape index (κ3) is 4.14. The minimum Gasteiger partial charge on any atom is -0.469 e. The van der Waals surface area contributed by atoms with Crippen LogP contribution < -0.4 is 10.1 Å². The van der Waals surface area contributed by atoms with Gasteiger partial charge in [0.15, 0.2) is 0 Å². The van der Waals surface area contributed by atoms with E-state index in [2.05, 4.69) is 25.6 Å². The first-order valence-electron chi connectivity index (χ1n) is 10.2. The summed E-state index contributed by atoms with van der Waals surface area (Å²) in [6.45, 7) is 0.502. The largest absolute Gasteiger partial charge is 0.469 e. The molecule has 164 valence electrons. The summed E-state index contributed by atoms with van der Waals surface area (Å²) in [6, 6.07) is 5.84. The third-order valence-corrected chi connectivity index (χ3v) is 5.69. The van der Waals surface area contributed by atoms with Crippen molar-refractivity contribution >= 4 is 11.5 Å². The summed E-state index contributed by atoms with van der Waals surface area (Å²) in [4.78, 5) is 7.94. The van der Waals surface area contributed by atoms with E-state index in [1.807, 2.05) is 24.4 Å². The Morgan fingerprint density at radius 3 is 2.84 bits per heavy atom. The predicted molar refractivity (Wildman–Crippen MR) is 104 cm³/mol. The number of alkyl halides is 3. The highest BCUT2D eigenvalue weighted by molar-refractivity contribution is 5.52. The lowest BCUT2D eigenvalue weighted by Crippen LogP contribution is -2.39. The van der Waals surface area contributed by atoms with Gasteiger partial charge in [-0.2, -0.15) is 18.2 Å². The number of hydrogen-bond donors (Lipinski definition) is 1. The molecule has 0 unspecified atom stereocenters. The maximum atomic E-state index is 13.3. The van der Waals surface area contributed by atoms with Gasteiger partial charge < -0.3 is 14.8 Å². The normalized spacial score (nSPS) is 22.3. The monoisotopic (exact) mass is 434 g/mol.